The first kappa shape index (κ1) is 28.9. The summed E-state index contributed by atoms with van der Waals surface area (Å²) in [6.07, 6.45) is 0.306. The third kappa shape index (κ3) is 11.2. The molecule has 0 bridgehead atoms. The van der Waals surface area contributed by atoms with Gasteiger partial charge in [0.15, 0.2) is 5.96 Å². The van der Waals surface area contributed by atoms with Crippen LogP contribution in [0.5, 0.6) is 17.2 Å². The number of ether oxygens (including phenoxy) is 4. The van der Waals surface area contributed by atoms with Crippen LogP contribution in [0.4, 0.5) is 4.79 Å². The van der Waals surface area contributed by atoms with Crippen LogP contribution in [0.15, 0.2) is 17.1 Å². The van der Waals surface area contributed by atoms with E-state index in [0.717, 1.165) is 18.5 Å². The maximum Gasteiger partial charge on any atom is 0.407 e. The van der Waals surface area contributed by atoms with Crippen molar-refractivity contribution >= 4 is 36.0 Å². The van der Waals surface area contributed by atoms with Crippen LogP contribution in [0, 0.1) is 0 Å². The molecule has 10 heteroatoms. The highest BCUT2D eigenvalue weighted by molar-refractivity contribution is 14.0. The normalized spacial score (nSPS) is 11.1. The van der Waals surface area contributed by atoms with Gasteiger partial charge < -0.3 is 34.9 Å². The molecule has 1 aromatic carbocycles. The zero-order valence-electron chi connectivity index (χ0n) is 19.6. The molecule has 0 aliphatic heterocycles. The summed E-state index contributed by atoms with van der Waals surface area (Å²) in [6.45, 7) is 9.72. The minimum absolute atomic E-state index is 0. The fraction of sp³-hybridized carbons (Fsp3) is 0.619. The van der Waals surface area contributed by atoms with Gasteiger partial charge in [-0.1, -0.05) is 0 Å². The summed E-state index contributed by atoms with van der Waals surface area (Å²) in [5, 5.41) is 9.19. The number of benzene rings is 1. The first-order chi connectivity index (χ1) is 14.2. The van der Waals surface area contributed by atoms with E-state index in [1.807, 2.05) is 27.7 Å². The van der Waals surface area contributed by atoms with Crippen molar-refractivity contribution in [1.82, 2.24) is 16.0 Å². The molecule has 1 aromatic rings. The molecule has 0 saturated heterocycles. The molecule has 0 aliphatic carbocycles. The summed E-state index contributed by atoms with van der Waals surface area (Å²) in [6, 6.07) is 3.60. The summed E-state index contributed by atoms with van der Waals surface area (Å²) in [4.78, 5) is 16.3. The second kappa shape index (κ2) is 14.8. The Labute approximate surface area is 202 Å². The zero-order chi connectivity index (χ0) is 22.6. The van der Waals surface area contributed by atoms with Crippen LogP contribution in [-0.2, 0) is 11.3 Å². The molecule has 0 unspecified atom stereocenters. The highest BCUT2D eigenvalue weighted by Gasteiger charge is 2.15. The Morgan fingerprint density at radius 2 is 1.55 bits per heavy atom. The minimum atomic E-state index is -0.503. The van der Waals surface area contributed by atoms with Gasteiger partial charge in [-0.15, -0.1) is 24.0 Å². The van der Waals surface area contributed by atoms with E-state index in [-0.39, 0.29) is 24.0 Å². The zero-order valence-corrected chi connectivity index (χ0v) is 21.9. The lowest BCUT2D eigenvalue weighted by atomic mass is 10.1. The number of guanidine groups is 1. The number of alkyl carbamates (subject to hydrolysis) is 1. The van der Waals surface area contributed by atoms with E-state index in [9.17, 15) is 4.79 Å². The number of carbonyl (C=O) groups is 1. The number of aliphatic imine (C=N–C) groups is 1. The Morgan fingerprint density at radius 3 is 2.03 bits per heavy atom. The standard InChI is InChI=1S/C21H36N4O5.HI/c1-8-22-19(23-10-9-11-24-20(26)30-21(2,3)4)25-14-16-17(28-6)12-15(27-5)13-18(16)29-7;/h12-13H,8-11,14H2,1-7H3,(H,24,26)(H2,22,23,25);1H. The lowest BCUT2D eigenvalue weighted by Crippen LogP contribution is -2.39. The van der Waals surface area contributed by atoms with Crippen LogP contribution in [0.1, 0.15) is 39.7 Å². The topological polar surface area (TPSA) is 102 Å². The predicted octanol–water partition coefficient (Wildman–Crippen LogP) is 3.30. The van der Waals surface area contributed by atoms with Crippen molar-refractivity contribution in [1.29, 1.82) is 0 Å². The molecule has 0 saturated carbocycles. The van der Waals surface area contributed by atoms with Gasteiger partial charge in [0.05, 0.1) is 33.4 Å². The van der Waals surface area contributed by atoms with Crippen molar-refractivity contribution < 1.29 is 23.7 Å². The number of rotatable bonds is 10. The van der Waals surface area contributed by atoms with Crippen molar-refractivity contribution in [3.05, 3.63) is 17.7 Å². The summed E-state index contributed by atoms with van der Waals surface area (Å²) >= 11 is 0. The summed E-state index contributed by atoms with van der Waals surface area (Å²) in [5.74, 6) is 2.60. The van der Waals surface area contributed by atoms with Crippen LogP contribution in [0.2, 0.25) is 0 Å². The van der Waals surface area contributed by atoms with Gasteiger partial charge in [-0.3, -0.25) is 0 Å². The van der Waals surface area contributed by atoms with E-state index in [1.54, 1.807) is 33.5 Å². The van der Waals surface area contributed by atoms with E-state index >= 15 is 0 Å². The first-order valence-corrected chi connectivity index (χ1v) is 10.0. The fourth-order valence-electron chi connectivity index (χ4n) is 2.53. The number of nitrogens with one attached hydrogen (secondary N) is 3. The predicted molar refractivity (Wildman–Crippen MR) is 133 cm³/mol. The van der Waals surface area contributed by atoms with Crippen LogP contribution >= 0.6 is 24.0 Å². The maximum atomic E-state index is 11.7. The smallest absolute Gasteiger partial charge is 0.407 e. The number of methoxy groups -OCH3 is 3. The molecule has 0 radical (unpaired) electrons. The molecule has 0 heterocycles. The monoisotopic (exact) mass is 552 g/mol. The quantitative estimate of drug-likeness (QED) is 0.177. The molecule has 0 fully saturated rings. The van der Waals surface area contributed by atoms with Crippen LogP contribution in [0.25, 0.3) is 0 Å². The van der Waals surface area contributed by atoms with Gasteiger partial charge in [0.1, 0.15) is 22.8 Å². The average molecular weight is 552 g/mol. The van der Waals surface area contributed by atoms with Crippen molar-refractivity contribution in [2.24, 2.45) is 4.99 Å². The molecular weight excluding hydrogens is 515 g/mol. The second-order valence-corrected chi connectivity index (χ2v) is 7.41. The second-order valence-electron chi connectivity index (χ2n) is 7.41. The van der Waals surface area contributed by atoms with Crippen LogP contribution in [0.3, 0.4) is 0 Å². The van der Waals surface area contributed by atoms with E-state index in [1.165, 1.54) is 0 Å². The largest absolute Gasteiger partial charge is 0.496 e. The average Bonchev–Trinajstić information content (AvgIpc) is 2.69. The lowest BCUT2D eigenvalue weighted by Gasteiger charge is -2.19. The third-order valence-corrected chi connectivity index (χ3v) is 3.87. The molecule has 9 nitrogen and oxygen atoms in total. The Kier molecular flexibility index (Phi) is 13.8. The van der Waals surface area contributed by atoms with Gasteiger partial charge in [0, 0.05) is 31.8 Å². The van der Waals surface area contributed by atoms with Crippen LogP contribution in [-0.4, -0.2) is 58.6 Å². The highest BCUT2D eigenvalue weighted by Crippen LogP contribution is 2.34. The number of carbonyl (C=O) groups excluding carboxylic acids is 1. The van der Waals surface area contributed by atoms with Crippen LogP contribution < -0.4 is 30.2 Å². The third-order valence-electron chi connectivity index (χ3n) is 3.87. The molecule has 3 N–H and O–H groups in total. The molecule has 178 valence electrons. The molecule has 0 aromatic heterocycles. The van der Waals surface area contributed by atoms with Gasteiger partial charge in [-0.2, -0.15) is 0 Å². The van der Waals surface area contributed by atoms with Crippen molar-refractivity contribution in [2.75, 3.05) is 41.0 Å². The Morgan fingerprint density at radius 1 is 0.968 bits per heavy atom. The number of nitrogens with zero attached hydrogens (tertiary/aromatic N) is 1. The van der Waals surface area contributed by atoms with Crippen molar-refractivity contribution in [3.8, 4) is 17.2 Å². The van der Waals surface area contributed by atoms with E-state index in [0.29, 0.717) is 42.8 Å². The van der Waals surface area contributed by atoms with Gasteiger partial charge in [-0.05, 0) is 34.1 Å². The first-order valence-electron chi connectivity index (χ1n) is 10.0. The molecule has 1 rings (SSSR count). The SMILES string of the molecule is CCNC(=NCc1c(OC)cc(OC)cc1OC)NCCCNC(=O)OC(C)(C)C.I. The van der Waals surface area contributed by atoms with Crippen molar-refractivity contribution in [2.45, 2.75) is 46.3 Å². The highest BCUT2D eigenvalue weighted by atomic mass is 127. The Balaban J connectivity index is 0.00000900. The summed E-state index contributed by atoms with van der Waals surface area (Å²) in [7, 11) is 4.79. The van der Waals surface area contributed by atoms with E-state index in [4.69, 9.17) is 18.9 Å². The van der Waals surface area contributed by atoms with E-state index < -0.39 is 11.7 Å². The number of hydrogen-bond acceptors (Lipinski definition) is 6. The Hall–Kier alpha value is -2.11. The lowest BCUT2D eigenvalue weighted by molar-refractivity contribution is 0.0527. The van der Waals surface area contributed by atoms with Gasteiger partial charge in [-0.25, -0.2) is 9.79 Å². The molecule has 0 aliphatic rings. The molecule has 0 atom stereocenters. The maximum absolute atomic E-state index is 11.7. The number of halogens is 1. The summed E-state index contributed by atoms with van der Waals surface area (Å²) < 4.78 is 21.4. The minimum Gasteiger partial charge on any atom is -0.496 e. The summed E-state index contributed by atoms with van der Waals surface area (Å²) in [5.41, 5.74) is 0.321. The Bertz CT molecular complexity index is 682. The van der Waals surface area contributed by atoms with Gasteiger partial charge in [0.25, 0.3) is 0 Å². The van der Waals surface area contributed by atoms with Gasteiger partial charge in [0.2, 0.25) is 0 Å². The number of amides is 1. The van der Waals surface area contributed by atoms with Crippen molar-refractivity contribution in [3.63, 3.8) is 0 Å². The van der Waals surface area contributed by atoms with E-state index in [2.05, 4.69) is 20.9 Å². The number of hydrogen-bond donors (Lipinski definition) is 3. The molecule has 1 amide bonds. The van der Waals surface area contributed by atoms with Gasteiger partial charge >= 0.3 is 6.09 Å². The molecule has 0 spiro atoms. The molecular formula is C21H37IN4O5. The molecule has 31 heavy (non-hydrogen) atoms. The fourth-order valence-corrected chi connectivity index (χ4v) is 2.53.